The molecule has 0 unspecified atom stereocenters. The first kappa shape index (κ1) is 22.8. The van der Waals surface area contributed by atoms with Crippen LogP contribution in [0.5, 0.6) is 0 Å². The topological polar surface area (TPSA) is 66.5 Å². The maximum Gasteiger partial charge on any atom is 0.251 e. The van der Waals surface area contributed by atoms with Crippen molar-refractivity contribution in [3.8, 4) is 0 Å². The van der Waals surface area contributed by atoms with Crippen LogP contribution in [0.3, 0.4) is 0 Å². The second-order valence-electron chi connectivity index (χ2n) is 8.02. The summed E-state index contributed by atoms with van der Waals surface area (Å²) in [4.78, 5) is 12.9. The number of amides is 1. The lowest BCUT2D eigenvalue weighted by Gasteiger charge is -2.21. The van der Waals surface area contributed by atoms with E-state index < -0.39 is 10.0 Å². The number of sulfonamides is 1. The Kier molecular flexibility index (Phi) is 7.22. The molecule has 0 saturated carbocycles. The van der Waals surface area contributed by atoms with Gasteiger partial charge in [-0.15, -0.1) is 0 Å². The summed E-state index contributed by atoms with van der Waals surface area (Å²) in [6.07, 6.45) is 3.73. The number of rotatable bonds is 5. The highest BCUT2D eigenvalue weighted by atomic mass is 35.5. The molecule has 1 atom stereocenters. The van der Waals surface area contributed by atoms with Crippen molar-refractivity contribution in [1.82, 2.24) is 9.62 Å². The Morgan fingerprint density at radius 1 is 1.03 bits per heavy atom. The van der Waals surface area contributed by atoms with Gasteiger partial charge in [-0.25, -0.2) is 8.42 Å². The highest BCUT2D eigenvalue weighted by Gasteiger charge is 2.28. The van der Waals surface area contributed by atoms with Gasteiger partial charge in [0.2, 0.25) is 10.0 Å². The highest BCUT2D eigenvalue weighted by Crippen LogP contribution is 2.28. The average molecular weight is 449 g/mol. The van der Waals surface area contributed by atoms with Gasteiger partial charge in [0.15, 0.2) is 0 Å². The predicted molar refractivity (Wildman–Crippen MR) is 120 cm³/mol. The molecule has 1 fully saturated rings. The minimum Gasteiger partial charge on any atom is -0.346 e. The number of carbonyl (C=O) groups is 1. The van der Waals surface area contributed by atoms with Crippen LogP contribution in [0.4, 0.5) is 0 Å². The van der Waals surface area contributed by atoms with Crippen LogP contribution in [0.15, 0.2) is 41.3 Å². The molecule has 162 valence electrons. The Morgan fingerprint density at radius 2 is 1.70 bits per heavy atom. The molecule has 1 N–H and O–H groups in total. The van der Waals surface area contributed by atoms with Gasteiger partial charge in [0.1, 0.15) is 4.90 Å². The zero-order valence-electron chi connectivity index (χ0n) is 17.7. The largest absolute Gasteiger partial charge is 0.346 e. The molecular weight excluding hydrogens is 420 g/mol. The van der Waals surface area contributed by atoms with E-state index in [0.717, 1.165) is 42.4 Å². The SMILES string of the molecule is Cc1ccc(C)c([C@H](C)NC(=O)c2ccc(Cl)c(S(=O)(=O)N3CCCCCC3)c2)c1. The lowest BCUT2D eigenvalue weighted by atomic mass is 10.00. The second kappa shape index (κ2) is 9.50. The summed E-state index contributed by atoms with van der Waals surface area (Å²) in [6, 6.07) is 10.4. The molecule has 0 aromatic heterocycles. The van der Waals surface area contributed by atoms with Crippen LogP contribution in [-0.2, 0) is 10.0 Å². The monoisotopic (exact) mass is 448 g/mol. The van der Waals surface area contributed by atoms with Crippen LogP contribution in [0.2, 0.25) is 5.02 Å². The van der Waals surface area contributed by atoms with Crippen LogP contribution in [0.1, 0.15) is 65.7 Å². The van der Waals surface area contributed by atoms with Gasteiger partial charge in [-0.2, -0.15) is 4.31 Å². The fourth-order valence-electron chi connectivity index (χ4n) is 3.85. The van der Waals surface area contributed by atoms with Gasteiger partial charge in [0.05, 0.1) is 11.1 Å². The third kappa shape index (κ3) is 5.05. The van der Waals surface area contributed by atoms with Crippen LogP contribution >= 0.6 is 11.6 Å². The summed E-state index contributed by atoms with van der Waals surface area (Å²) >= 11 is 6.25. The number of nitrogens with zero attached hydrogens (tertiary/aromatic N) is 1. The standard InChI is InChI=1S/C23H29ClN2O3S/c1-16-8-9-17(2)20(14-16)18(3)25-23(27)19-10-11-21(24)22(15-19)30(28,29)26-12-6-4-5-7-13-26/h8-11,14-15,18H,4-7,12-13H2,1-3H3,(H,25,27)/t18-/m0/s1. The lowest BCUT2D eigenvalue weighted by Crippen LogP contribution is -2.32. The Hall–Kier alpha value is -1.89. The molecular formula is C23H29ClN2O3S. The molecule has 1 saturated heterocycles. The van der Waals surface area contributed by atoms with E-state index >= 15 is 0 Å². The molecule has 1 aliphatic heterocycles. The number of halogens is 1. The average Bonchev–Trinajstić information content (AvgIpc) is 3.00. The molecule has 2 aromatic carbocycles. The van der Waals surface area contributed by atoms with Gasteiger partial charge in [0.25, 0.3) is 5.91 Å². The summed E-state index contributed by atoms with van der Waals surface area (Å²) in [5.41, 5.74) is 3.53. The minimum absolute atomic E-state index is 0.00175. The van der Waals surface area contributed by atoms with E-state index in [9.17, 15) is 13.2 Å². The smallest absolute Gasteiger partial charge is 0.251 e. The molecule has 2 aromatic rings. The number of hydrogen-bond acceptors (Lipinski definition) is 3. The fourth-order valence-corrected chi connectivity index (χ4v) is 5.87. The summed E-state index contributed by atoms with van der Waals surface area (Å²) in [7, 11) is -3.74. The maximum absolute atomic E-state index is 13.2. The quantitative estimate of drug-likeness (QED) is 0.698. The number of carbonyl (C=O) groups excluding carboxylic acids is 1. The van der Waals surface area contributed by atoms with E-state index in [-0.39, 0.29) is 27.4 Å². The Bertz CT molecular complexity index is 1030. The number of aryl methyl sites for hydroxylation is 2. The second-order valence-corrected chi connectivity index (χ2v) is 10.3. The van der Waals surface area contributed by atoms with Crippen molar-refractivity contribution in [2.75, 3.05) is 13.1 Å². The normalized spacial score (nSPS) is 16.7. The maximum atomic E-state index is 13.2. The van der Waals surface area contributed by atoms with E-state index in [4.69, 9.17) is 11.6 Å². The summed E-state index contributed by atoms with van der Waals surface area (Å²) < 4.78 is 27.8. The summed E-state index contributed by atoms with van der Waals surface area (Å²) in [5, 5.41) is 3.12. The van der Waals surface area contributed by atoms with Crippen LogP contribution in [0, 0.1) is 13.8 Å². The minimum atomic E-state index is -3.74. The molecule has 3 rings (SSSR count). The van der Waals surface area contributed by atoms with Crippen molar-refractivity contribution in [3.05, 3.63) is 63.7 Å². The number of nitrogens with one attached hydrogen (secondary N) is 1. The lowest BCUT2D eigenvalue weighted by molar-refractivity contribution is 0.0939. The van der Waals surface area contributed by atoms with Crippen molar-refractivity contribution >= 4 is 27.5 Å². The zero-order chi connectivity index (χ0) is 21.9. The molecule has 0 spiro atoms. The van der Waals surface area contributed by atoms with Crippen LogP contribution in [0.25, 0.3) is 0 Å². The van der Waals surface area contributed by atoms with Gasteiger partial charge in [0, 0.05) is 18.7 Å². The predicted octanol–water partition coefficient (Wildman–Crippen LogP) is 5.01. The Morgan fingerprint density at radius 3 is 2.37 bits per heavy atom. The first-order valence-corrected chi connectivity index (χ1v) is 12.2. The molecule has 0 radical (unpaired) electrons. The van der Waals surface area contributed by atoms with Crippen molar-refractivity contribution in [1.29, 1.82) is 0 Å². The highest BCUT2D eigenvalue weighted by molar-refractivity contribution is 7.89. The van der Waals surface area contributed by atoms with E-state index in [1.165, 1.54) is 16.4 Å². The van der Waals surface area contributed by atoms with Crippen molar-refractivity contribution in [2.24, 2.45) is 0 Å². The molecule has 1 amide bonds. The fraction of sp³-hybridized carbons (Fsp3) is 0.435. The molecule has 1 heterocycles. The molecule has 1 aliphatic rings. The molecule has 0 aliphatic carbocycles. The number of hydrogen-bond donors (Lipinski definition) is 1. The first-order valence-electron chi connectivity index (χ1n) is 10.4. The van der Waals surface area contributed by atoms with E-state index in [2.05, 4.69) is 11.4 Å². The molecule has 7 heteroatoms. The van der Waals surface area contributed by atoms with Gasteiger partial charge >= 0.3 is 0 Å². The van der Waals surface area contributed by atoms with Crippen molar-refractivity contribution < 1.29 is 13.2 Å². The van der Waals surface area contributed by atoms with Gasteiger partial charge in [-0.1, -0.05) is 48.2 Å². The first-order chi connectivity index (χ1) is 14.2. The summed E-state index contributed by atoms with van der Waals surface area (Å²) in [5.74, 6) is -0.326. The van der Waals surface area contributed by atoms with E-state index in [1.54, 1.807) is 6.07 Å². The molecule has 5 nitrogen and oxygen atoms in total. The molecule has 30 heavy (non-hydrogen) atoms. The Balaban J connectivity index is 1.85. The third-order valence-electron chi connectivity index (χ3n) is 5.63. The summed E-state index contributed by atoms with van der Waals surface area (Å²) in [6.45, 7) is 6.91. The zero-order valence-corrected chi connectivity index (χ0v) is 19.3. The van der Waals surface area contributed by atoms with E-state index in [0.29, 0.717) is 13.1 Å². The Labute approximate surface area is 184 Å². The van der Waals surface area contributed by atoms with Gasteiger partial charge < -0.3 is 5.32 Å². The van der Waals surface area contributed by atoms with Crippen molar-refractivity contribution in [2.45, 2.75) is 57.4 Å². The molecule has 0 bridgehead atoms. The third-order valence-corrected chi connectivity index (χ3v) is 8.01. The van der Waals surface area contributed by atoms with Crippen molar-refractivity contribution in [3.63, 3.8) is 0 Å². The van der Waals surface area contributed by atoms with Crippen LogP contribution < -0.4 is 5.32 Å². The van der Waals surface area contributed by atoms with Gasteiger partial charge in [-0.3, -0.25) is 4.79 Å². The van der Waals surface area contributed by atoms with E-state index in [1.807, 2.05) is 32.9 Å². The van der Waals surface area contributed by atoms with Gasteiger partial charge in [-0.05, 0) is 62.9 Å². The van der Waals surface area contributed by atoms with Crippen LogP contribution in [-0.4, -0.2) is 31.7 Å². The number of benzene rings is 2.